The molecule has 2 aromatic rings. The zero-order valence-corrected chi connectivity index (χ0v) is 10.1. The lowest BCUT2D eigenvalue weighted by atomic mass is 10.3. The minimum absolute atomic E-state index is 0.132. The first-order valence-electron chi connectivity index (χ1n) is 5.44. The van der Waals surface area contributed by atoms with Gasteiger partial charge in [0.05, 0.1) is 6.20 Å². The number of nitrogen functional groups attached to an aromatic ring is 1. The first-order valence-corrected chi connectivity index (χ1v) is 5.44. The van der Waals surface area contributed by atoms with E-state index in [2.05, 4.69) is 26.0 Å². The van der Waals surface area contributed by atoms with Crippen molar-refractivity contribution in [1.29, 1.82) is 0 Å². The molecule has 0 radical (unpaired) electrons. The summed E-state index contributed by atoms with van der Waals surface area (Å²) in [6.45, 7) is 1.74. The Hall–Kier alpha value is -2.35. The molecule has 0 spiro atoms. The van der Waals surface area contributed by atoms with Gasteiger partial charge in [-0.15, -0.1) is 0 Å². The van der Waals surface area contributed by atoms with E-state index >= 15 is 0 Å². The van der Waals surface area contributed by atoms with E-state index in [1.165, 1.54) is 0 Å². The third-order valence-electron chi connectivity index (χ3n) is 2.51. The highest BCUT2D eigenvalue weighted by Gasteiger charge is 2.14. The normalized spacial score (nSPS) is 12.2. The summed E-state index contributed by atoms with van der Waals surface area (Å²) < 4.78 is 1.76. The Morgan fingerprint density at radius 2 is 2.33 bits per heavy atom. The predicted octanol–water partition coefficient (Wildman–Crippen LogP) is -0.439. The molecular weight excluding hydrogens is 234 g/mol. The van der Waals surface area contributed by atoms with Crippen molar-refractivity contribution in [3.63, 3.8) is 0 Å². The van der Waals surface area contributed by atoms with Crippen LogP contribution in [0.15, 0.2) is 18.6 Å². The first-order chi connectivity index (χ1) is 8.65. The summed E-state index contributed by atoms with van der Waals surface area (Å²) in [5.41, 5.74) is 3.09. The molecule has 1 atom stereocenters. The van der Waals surface area contributed by atoms with Crippen molar-refractivity contribution in [3.8, 4) is 0 Å². The van der Waals surface area contributed by atoms with Gasteiger partial charge in [0, 0.05) is 19.4 Å². The van der Waals surface area contributed by atoms with E-state index in [-0.39, 0.29) is 5.91 Å². The molecule has 8 nitrogen and oxygen atoms in total. The van der Waals surface area contributed by atoms with Crippen molar-refractivity contribution in [1.82, 2.24) is 19.7 Å². The van der Waals surface area contributed by atoms with Gasteiger partial charge < -0.3 is 20.5 Å². The molecule has 96 valence electrons. The number of hydrogen-bond donors (Lipinski definition) is 4. The van der Waals surface area contributed by atoms with Crippen LogP contribution >= 0.6 is 0 Å². The molecule has 18 heavy (non-hydrogen) atoms. The van der Waals surface area contributed by atoms with Crippen molar-refractivity contribution in [2.45, 2.75) is 13.0 Å². The summed E-state index contributed by atoms with van der Waals surface area (Å²) in [5.74, 6) is 6.18. The molecular formula is C10H15N7O. The molecule has 2 heterocycles. The molecule has 0 fully saturated rings. The fourth-order valence-corrected chi connectivity index (χ4v) is 1.59. The third-order valence-corrected chi connectivity index (χ3v) is 2.51. The summed E-state index contributed by atoms with van der Waals surface area (Å²) >= 11 is 0. The maximum absolute atomic E-state index is 11.5. The van der Waals surface area contributed by atoms with Crippen LogP contribution in [0.3, 0.4) is 0 Å². The number of likely N-dealkylation sites (N-methyl/N-ethyl adjacent to an activating group) is 1. The van der Waals surface area contributed by atoms with Gasteiger partial charge in [-0.3, -0.25) is 4.79 Å². The van der Waals surface area contributed by atoms with Crippen LogP contribution in [0.1, 0.15) is 6.92 Å². The molecule has 2 rings (SSSR count). The smallest absolute Gasteiger partial charge is 0.241 e. The maximum atomic E-state index is 11.5. The number of amides is 1. The molecule has 8 heteroatoms. The van der Waals surface area contributed by atoms with E-state index in [1.54, 1.807) is 37.0 Å². The SMILES string of the molecule is CNC(=O)C(C)Nc1nc(NN)cn2ccnc12. The molecule has 1 amide bonds. The highest BCUT2D eigenvalue weighted by Crippen LogP contribution is 2.16. The Bertz CT molecular complexity index is 564. The number of imidazole rings is 1. The summed E-state index contributed by atoms with van der Waals surface area (Å²) in [6, 6.07) is -0.420. The minimum atomic E-state index is -0.420. The standard InChI is InChI=1S/C10H15N7O/c1-6(10(18)12-2)14-8-9-13-3-4-17(9)5-7(15-8)16-11/h3-6,16H,11H2,1-2H3,(H,12,18)(H,14,15). The van der Waals surface area contributed by atoms with E-state index < -0.39 is 6.04 Å². The average Bonchev–Trinajstić information content (AvgIpc) is 2.85. The molecule has 2 aromatic heterocycles. The van der Waals surface area contributed by atoms with Gasteiger partial charge in [-0.1, -0.05) is 0 Å². The molecule has 0 aliphatic rings. The number of nitrogens with two attached hydrogens (primary N) is 1. The number of fused-ring (bicyclic) bond motifs is 1. The molecule has 5 N–H and O–H groups in total. The first kappa shape index (κ1) is 12.1. The van der Waals surface area contributed by atoms with E-state index in [9.17, 15) is 4.79 Å². The van der Waals surface area contributed by atoms with Crippen LogP contribution in [0.2, 0.25) is 0 Å². The van der Waals surface area contributed by atoms with Gasteiger partial charge in [0.25, 0.3) is 0 Å². The van der Waals surface area contributed by atoms with E-state index in [0.717, 1.165) is 0 Å². The van der Waals surface area contributed by atoms with Crippen LogP contribution in [-0.4, -0.2) is 33.4 Å². The van der Waals surface area contributed by atoms with Crippen molar-refractivity contribution in [2.75, 3.05) is 17.8 Å². The van der Waals surface area contributed by atoms with Gasteiger partial charge in [0.1, 0.15) is 6.04 Å². The van der Waals surface area contributed by atoms with E-state index in [4.69, 9.17) is 5.84 Å². The number of rotatable bonds is 4. The van der Waals surface area contributed by atoms with E-state index in [1.807, 2.05) is 0 Å². The van der Waals surface area contributed by atoms with Crippen molar-refractivity contribution in [2.24, 2.45) is 5.84 Å². The molecule has 0 aliphatic heterocycles. The fraction of sp³-hybridized carbons (Fsp3) is 0.300. The number of anilines is 2. The van der Waals surface area contributed by atoms with Crippen LogP contribution in [0.4, 0.5) is 11.6 Å². The Labute approximate surface area is 104 Å². The largest absolute Gasteiger partial charge is 0.357 e. The third kappa shape index (κ3) is 2.18. The Morgan fingerprint density at radius 3 is 3.00 bits per heavy atom. The number of hydrogen-bond acceptors (Lipinski definition) is 6. The summed E-state index contributed by atoms with van der Waals surface area (Å²) in [5, 5.41) is 5.55. The number of nitrogens with zero attached hydrogens (tertiary/aromatic N) is 3. The van der Waals surface area contributed by atoms with Crippen LogP contribution in [0.25, 0.3) is 5.65 Å². The molecule has 0 aliphatic carbocycles. The molecule has 0 aromatic carbocycles. The van der Waals surface area contributed by atoms with Gasteiger partial charge in [0.2, 0.25) is 5.91 Å². The van der Waals surface area contributed by atoms with Crippen LogP contribution < -0.4 is 21.9 Å². The number of hydrazine groups is 1. The number of aromatic nitrogens is 3. The van der Waals surface area contributed by atoms with Gasteiger partial charge in [0.15, 0.2) is 17.3 Å². The lowest BCUT2D eigenvalue weighted by Crippen LogP contribution is -2.35. The van der Waals surface area contributed by atoms with Crippen molar-refractivity contribution in [3.05, 3.63) is 18.6 Å². The van der Waals surface area contributed by atoms with Crippen molar-refractivity contribution >= 4 is 23.2 Å². The zero-order chi connectivity index (χ0) is 13.1. The van der Waals surface area contributed by atoms with Gasteiger partial charge in [-0.25, -0.2) is 15.8 Å². The minimum Gasteiger partial charge on any atom is -0.357 e. The quantitative estimate of drug-likeness (QED) is 0.432. The topological polar surface area (TPSA) is 109 Å². The summed E-state index contributed by atoms with van der Waals surface area (Å²) in [7, 11) is 1.58. The number of carbonyl (C=O) groups excluding carboxylic acids is 1. The van der Waals surface area contributed by atoms with Crippen LogP contribution in [0, 0.1) is 0 Å². The van der Waals surface area contributed by atoms with Crippen molar-refractivity contribution < 1.29 is 4.79 Å². The number of nitrogens with one attached hydrogen (secondary N) is 3. The fourth-order valence-electron chi connectivity index (χ4n) is 1.59. The molecule has 1 unspecified atom stereocenters. The van der Waals surface area contributed by atoms with E-state index in [0.29, 0.717) is 17.3 Å². The van der Waals surface area contributed by atoms with Gasteiger partial charge in [-0.05, 0) is 6.92 Å². The monoisotopic (exact) mass is 249 g/mol. The second-order valence-electron chi connectivity index (χ2n) is 3.76. The highest BCUT2D eigenvalue weighted by atomic mass is 16.2. The molecule has 0 bridgehead atoms. The summed E-state index contributed by atoms with van der Waals surface area (Å²) in [4.78, 5) is 19.9. The average molecular weight is 249 g/mol. The Kier molecular flexibility index (Phi) is 3.28. The second-order valence-corrected chi connectivity index (χ2v) is 3.76. The summed E-state index contributed by atoms with van der Waals surface area (Å²) in [6.07, 6.45) is 5.12. The second kappa shape index (κ2) is 4.88. The predicted molar refractivity (Wildman–Crippen MR) is 67.9 cm³/mol. The molecule has 0 saturated heterocycles. The van der Waals surface area contributed by atoms with Gasteiger partial charge in [-0.2, -0.15) is 0 Å². The Balaban J connectivity index is 2.36. The zero-order valence-electron chi connectivity index (χ0n) is 10.1. The van der Waals surface area contributed by atoms with Gasteiger partial charge >= 0.3 is 0 Å². The highest BCUT2D eigenvalue weighted by molar-refractivity contribution is 5.84. The maximum Gasteiger partial charge on any atom is 0.241 e. The lowest BCUT2D eigenvalue weighted by molar-refractivity contribution is -0.121. The lowest BCUT2D eigenvalue weighted by Gasteiger charge is -2.14. The van der Waals surface area contributed by atoms with Crippen LogP contribution in [-0.2, 0) is 4.79 Å². The molecule has 0 saturated carbocycles. The Morgan fingerprint density at radius 1 is 1.56 bits per heavy atom. The van der Waals surface area contributed by atoms with Crippen LogP contribution in [0.5, 0.6) is 0 Å². The number of carbonyl (C=O) groups is 1.